The molecule has 2 N–H and O–H groups in total. The molecule has 0 spiro atoms. The minimum absolute atomic E-state index is 0.0103. The number of nitrogens with one attached hydrogen (secondary N) is 1. The van der Waals surface area contributed by atoms with E-state index in [2.05, 4.69) is 25.2 Å². The Labute approximate surface area is 187 Å². The molecule has 0 aromatic heterocycles. The van der Waals surface area contributed by atoms with Gasteiger partial charge in [-0.25, -0.2) is 0 Å². The molecule has 4 saturated carbocycles. The molecule has 4 nitrogen and oxygen atoms in total. The van der Waals surface area contributed by atoms with E-state index in [1.54, 1.807) is 0 Å². The second kappa shape index (κ2) is 8.09. The number of aliphatic hydroxyl groups excluding tert-OH is 1. The van der Waals surface area contributed by atoms with E-state index < -0.39 is 0 Å². The van der Waals surface area contributed by atoms with Crippen LogP contribution in [0.15, 0.2) is 11.6 Å². The van der Waals surface area contributed by atoms with E-state index in [0.29, 0.717) is 23.9 Å². The maximum absolute atomic E-state index is 13.8. The van der Waals surface area contributed by atoms with E-state index in [1.807, 2.05) is 0 Å². The lowest BCUT2D eigenvalue weighted by atomic mass is 9.42. The normalized spacial score (nSPS) is 47.2. The Kier molecular flexibility index (Phi) is 5.70. The largest absolute Gasteiger partial charge is 0.396 e. The van der Waals surface area contributed by atoms with Gasteiger partial charge in [-0.1, -0.05) is 25.5 Å². The number of fused-ring (bicyclic) bond motifs is 5. The van der Waals surface area contributed by atoms with Gasteiger partial charge in [0.25, 0.3) is 0 Å². The van der Waals surface area contributed by atoms with Gasteiger partial charge in [0.1, 0.15) is 11.6 Å². The first-order valence-corrected chi connectivity index (χ1v) is 12.9. The van der Waals surface area contributed by atoms with Crippen LogP contribution in [0, 0.1) is 46.3 Å². The van der Waals surface area contributed by atoms with Gasteiger partial charge in [0.05, 0.1) is 6.61 Å². The molecule has 4 aliphatic carbocycles. The molecule has 5 aliphatic rings. The Bertz CT molecular complexity index is 768. The molecule has 31 heavy (non-hydrogen) atoms. The molecule has 1 heterocycles. The fourth-order valence-electron chi connectivity index (χ4n) is 8.64. The second-order valence-corrected chi connectivity index (χ2v) is 12.0. The maximum Gasteiger partial charge on any atom is 0.142 e. The third-order valence-electron chi connectivity index (χ3n) is 10.7. The van der Waals surface area contributed by atoms with Crippen LogP contribution >= 0.6 is 0 Å². The maximum atomic E-state index is 13.8. The Balaban J connectivity index is 1.39. The van der Waals surface area contributed by atoms with Crippen LogP contribution in [0.25, 0.3) is 0 Å². The van der Waals surface area contributed by atoms with Crippen LogP contribution in [-0.4, -0.2) is 36.4 Å². The van der Waals surface area contributed by atoms with Gasteiger partial charge in [-0.2, -0.15) is 0 Å². The van der Waals surface area contributed by atoms with Crippen molar-refractivity contribution in [2.24, 2.45) is 46.3 Å². The molecule has 0 bridgehead atoms. The number of hydrogen-bond acceptors (Lipinski definition) is 4. The molecule has 172 valence electrons. The van der Waals surface area contributed by atoms with Gasteiger partial charge in [-0.3, -0.25) is 9.59 Å². The van der Waals surface area contributed by atoms with E-state index in [-0.39, 0.29) is 41.1 Å². The van der Waals surface area contributed by atoms with E-state index in [4.69, 9.17) is 0 Å². The number of aliphatic hydroxyl groups is 1. The molecular formula is C27H41NO3. The molecule has 5 rings (SSSR count). The third kappa shape index (κ3) is 3.39. The highest BCUT2D eigenvalue weighted by atomic mass is 16.3. The summed E-state index contributed by atoms with van der Waals surface area (Å²) in [5, 5.41) is 13.8. The number of Topliss-reactive ketones (excluding diaryl/α,β-unsaturated/α-hetero) is 2. The van der Waals surface area contributed by atoms with Gasteiger partial charge in [0, 0.05) is 23.7 Å². The number of ketones is 2. The zero-order chi connectivity index (χ0) is 21.8. The van der Waals surface area contributed by atoms with Crippen molar-refractivity contribution in [3.05, 3.63) is 11.6 Å². The van der Waals surface area contributed by atoms with Crippen LogP contribution in [0.1, 0.15) is 78.1 Å². The van der Waals surface area contributed by atoms with Crippen LogP contribution in [0.3, 0.4) is 0 Å². The van der Waals surface area contributed by atoms with Gasteiger partial charge < -0.3 is 10.4 Å². The molecule has 0 radical (unpaired) electrons. The molecule has 1 aliphatic heterocycles. The minimum Gasteiger partial charge on any atom is -0.396 e. The third-order valence-corrected chi connectivity index (χ3v) is 10.7. The number of piperidine rings is 1. The summed E-state index contributed by atoms with van der Waals surface area (Å²) in [7, 11) is 0. The smallest absolute Gasteiger partial charge is 0.142 e. The highest BCUT2D eigenvalue weighted by Crippen LogP contribution is 2.66. The lowest BCUT2D eigenvalue weighted by Gasteiger charge is -2.60. The molecule has 1 saturated heterocycles. The fourth-order valence-corrected chi connectivity index (χ4v) is 8.64. The van der Waals surface area contributed by atoms with Crippen LogP contribution in [0.4, 0.5) is 0 Å². The minimum atomic E-state index is -0.297. The van der Waals surface area contributed by atoms with Crippen molar-refractivity contribution in [2.75, 3.05) is 19.7 Å². The molecule has 5 fully saturated rings. The number of hydrogen-bond donors (Lipinski definition) is 2. The zero-order valence-corrected chi connectivity index (χ0v) is 19.5. The van der Waals surface area contributed by atoms with Crippen molar-refractivity contribution in [3.63, 3.8) is 0 Å². The van der Waals surface area contributed by atoms with Crippen molar-refractivity contribution in [1.82, 2.24) is 5.32 Å². The summed E-state index contributed by atoms with van der Waals surface area (Å²) in [5.74, 6) is 2.07. The summed E-state index contributed by atoms with van der Waals surface area (Å²) in [6, 6.07) is 0. The van der Waals surface area contributed by atoms with E-state index in [9.17, 15) is 14.7 Å². The van der Waals surface area contributed by atoms with E-state index in [0.717, 1.165) is 57.5 Å². The number of rotatable bonds is 3. The van der Waals surface area contributed by atoms with Crippen molar-refractivity contribution >= 4 is 11.6 Å². The highest BCUT2D eigenvalue weighted by molar-refractivity contribution is 5.91. The van der Waals surface area contributed by atoms with Crippen LogP contribution in [0.2, 0.25) is 0 Å². The summed E-state index contributed by atoms with van der Waals surface area (Å²) in [5.41, 5.74) is 1.35. The Morgan fingerprint density at radius 2 is 1.77 bits per heavy atom. The Hall–Kier alpha value is -1.00. The van der Waals surface area contributed by atoms with Crippen LogP contribution in [0.5, 0.6) is 0 Å². The first-order valence-electron chi connectivity index (χ1n) is 12.9. The fraction of sp³-hybridized carbons (Fsp3) is 0.852. The first kappa shape index (κ1) is 21.8. The van der Waals surface area contributed by atoms with E-state index in [1.165, 1.54) is 24.8 Å². The predicted octanol–water partition coefficient (Wildman–Crippen LogP) is 4.31. The van der Waals surface area contributed by atoms with Crippen molar-refractivity contribution in [3.8, 4) is 0 Å². The quantitative estimate of drug-likeness (QED) is 0.659. The highest BCUT2D eigenvalue weighted by Gasteiger charge is 2.64. The number of carbonyl (C=O) groups excluding carboxylic acids is 2. The summed E-state index contributed by atoms with van der Waals surface area (Å²) >= 11 is 0. The van der Waals surface area contributed by atoms with Crippen molar-refractivity contribution in [1.29, 1.82) is 0 Å². The molecule has 4 heteroatoms. The van der Waals surface area contributed by atoms with Crippen molar-refractivity contribution in [2.45, 2.75) is 78.1 Å². The van der Waals surface area contributed by atoms with Gasteiger partial charge in [-0.05, 0) is 100.0 Å². The molecule has 1 unspecified atom stereocenters. The number of carbonyl (C=O) groups is 2. The van der Waals surface area contributed by atoms with Gasteiger partial charge in [0.2, 0.25) is 0 Å². The topological polar surface area (TPSA) is 66.4 Å². The molecule has 0 aromatic rings. The SMILES string of the molecule is C[C@]12CC/C(=C\CC3CCNCC3)CC1[C@@H](CO)C(=O)[C@@H]1[C@@H]2CC[C@]2(C)C(=O)CC[C@@H]12. The average molecular weight is 428 g/mol. The predicted molar refractivity (Wildman–Crippen MR) is 121 cm³/mol. The number of allylic oxidation sites excluding steroid dienone is 2. The first-order chi connectivity index (χ1) is 14.9. The van der Waals surface area contributed by atoms with Crippen LogP contribution in [-0.2, 0) is 9.59 Å². The molecular weight excluding hydrogens is 386 g/mol. The second-order valence-electron chi connectivity index (χ2n) is 12.0. The van der Waals surface area contributed by atoms with Crippen LogP contribution < -0.4 is 5.32 Å². The van der Waals surface area contributed by atoms with Gasteiger partial charge in [0.15, 0.2) is 0 Å². The summed E-state index contributed by atoms with van der Waals surface area (Å²) in [4.78, 5) is 26.5. The zero-order valence-electron chi connectivity index (χ0n) is 19.5. The lowest BCUT2D eigenvalue weighted by Crippen LogP contribution is -2.60. The summed E-state index contributed by atoms with van der Waals surface area (Å²) in [6.45, 7) is 6.80. The average Bonchev–Trinajstić information content (AvgIpc) is 3.08. The molecule has 7 atom stereocenters. The van der Waals surface area contributed by atoms with Gasteiger partial charge >= 0.3 is 0 Å². The summed E-state index contributed by atoms with van der Waals surface area (Å²) < 4.78 is 0. The van der Waals surface area contributed by atoms with Gasteiger partial charge in [-0.15, -0.1) is 0 Å². The molecule has 0 amide bonds. The van der Waals surface area contributed by atoms with Crippen molar-refractivity contribution < 1.29 is 14.7 Å². The lowest BCUT2D eigenvalue weighted by molar-refractivity contribution is -0.167. The van der Waals surface area contributed by atoms with E-state index >= 15 is 0 Å². The monoisotopic (exact) mass is 427 g/mol. The Morgan fingerprint density at radius 1 is 1.00 bits per heavy atom. The standard InChI is InChI=1S/C27H41NO3/c1-26-11-7-18(4-3-17-9-13-28-14-10-17)15-22(26)19(16-29)25(31)24-20-5-6-23(30)27(20,2)12-8-21(24)26/h4,17,19-22,24,28-29H,3,5-16H2,1-2H3/b18-4+/t19-,20+,21+,22?,24+,26-,27+/m1/s1. The molecule has 0 aromatic carbocycles. The summed E-state index contributed by atoms with van der Waals surface area (Å²) in [6.07, 6.45) is 13.0. The Morgan fingerprint density at radius 3 is 2.52 bits per heavy atom.